The highest BCUT2D eigenvalue weighted by molar-refractivity contribution is 7.99. The lowest BCUT2D eigenvalue weighted by atomic mass is 10.2. The fourth-order valence-corrected chi connectivity index (χ4v) is 4.26. The molecule has 34 heavy (non-hydrogen) atoms. The molecule has 0 atom stereocenters. The number of anilines is 1. The van der Waals surface area contributed by atoms with E-state index in [-0.39, 0.29) is 5.91 Å². The number of carbonyl (C=O) groups is 1. The summed E-state index contributed by atoms with van der Waals surface area (Å²) in [6.45, 7) is 1.04. The molecule has 0 aliphatic rings. The first-order valence-electron chi connectivity index (χ1n) is 11.0. The second kappa shape index (κ2) is 11.9. The number of hydrogen-bond donors (Lipinski definition) is 2. The molecular formula is C26H27N5O2S. The molecule has 8 heteroatoms. The maximum absolute atomic E-state index is 12.3. The van der Waals surface area contributed by atoms with Crippen molar-refractivity contribution >= 4 is 23.4 Å². The molecule has 0 fully saturated rings. The maximum atomic E-state index is 12.3. The van der Waals surface area contributed by atoms with E-state index >= 15 is 0 Å². The van der Waals surface area contributed by atoms with Gasteiger partial charge in [0.25, 0.3) is 0 Å². The van der Waals surface area contributed by atoms with Gasteiger partial charge in [-0.2, -0.15) is 0 Å². The van der Waals surface area contributed by atoms with E-state index in [0.29, 0.717) is 25.3 Å². The normalized spacial score (nSPS) is 10.6. The Morgan fingerprint density at radius 3 is 2.32 bits per heavy atom. The molecule has 0 unspecified atom stereocenters. The smallest absolute Gasteiger partial charge is 0.221 e. The van der Waals surface area contributed by atoms with Crippen LogP contribution in [0, 0.1) is 0 Å². The zero-order valence-corrected chi connectivity index (χ0v) is 19.8. The Labute approximate surface area is 203 Å². The minimum Gasteiger partial charge on any atom is -0.497 e. The van der Waals surface area contributed by atoms with E-state index in [2.05, 4.69) is 20.8 Å². The summed E-state index contributed by atoms with van der Waals surface area (Å²) in [5, 5.41) is 15.9. The molecule has 3 aromatic carbocycles. The van der Waals surface area contributed by atoms with Crippen molar-refractivity contribution in [3.63, 3.8) is 0 Å². The van der Waals surface area contributed by atoms with Crippen molar-refractivity contribution in [1.29, 1.82) is 0 Å². The predicted molar refractivity (Wildman–Crippen MR) is 135 cm³/mol. The maximum Gasteiger partial charge on any atom is 0.221 e. The molecule has 0 bridgehead atoms. The number of para-hydroxylation sites is 1. The molecule has 174 valence electrons. The van der Waals surface area contributed by atoms with Gasteiger partial charge in [0.15, 0.2) is 11.0 Å². The summed E-state index contributed by atoms with van der Waals surface area (Å²) in [6.07, 6.45) is 0.401. The fourth-order valence-electron chi connectivity index (χ4n) is 3.35. The number of rotatable bonds is 11. The molecule has 0 aliphatic heterocycles. The molecular weight excluding hydrogens is 446 g/mol. The number of methoxy groups -OCH3 is 1. The largest absolute Gasteiger partial charge is 0.497 e. The first kappa shape index (κ1) is 23.4. The lowest BCUT2D eigenvalue weighted by Gasteiger charge is -2.12. The van der Waals surface area contributed by atoms with Crippen LogP contribution in [0.25, 0.3) is 5.69 Å². The van der Waals surface area contributed by atoms with Gasteiger partial charge in [-0.05, 0) is 42.0 Å². The van der Waals surface area contributed by atoms with Crippen LogP contribution in [0.1, 0.15) is 17.8 Å². The van der Waals surface area contributed by atoms with E-state index in [4.69, 9.17) is 4.74 Å². The number of thioether (sulfide) groups is 1. The molecule has 2 N–H and O–H groups in total. The highest BCUT2D eigenvalue weighted by atomic mass is 32.2. The minimum atomic E-state index is 0.0172. The number of aromatic nitrogens is 3. The van der Waals surface area contributed by atoms with Gasteiger partial charge in [0.1, 0.15) is 5.75 Å². The van der Waals surface area contributed by atoms with Crippen LogP contribution >= 0.6 is 11.8 Å². The van der Waals surface area contributed by atoms with Crippen molar-refractivity contribution in [3.05, 3.63) is 96.3 Å². The predicted octanol–water partition coefficient (Wildman–Crippen LogP) is 4.69. The van der Waals surface area contributed by atoms with Crippen LogP contribution < -0.4 is 15.4 Å². The Hall–Kier alpha value is -3.78. The SMILES string of the molecule is COc1ccc(NCc2nnc(SCCC(=O)NCc3ccccc3)n2-c2ccccc2)cc1. The van der Waals surface area contributed by atoms with Gasteiger partial charge in [-0.15, -0.1) is 10.2 Å². The van der Waals surface area contributed by atoms with Crippen LogP contribution in [0.3, 0.4) is 0 Å². The van der Waals surface area contributed by atoms with Crippen LogP contribution in [0.5, 0.6) is 5.75 Å². The molecule has 0 spiro atoms. The molecule has 7 nitrogen and oxygen atoms in total. The number of nitrogens with zero attached hydrogens (tertiary/aromatic N) is 3. The average Bonchev–Trinajstić information content (AvgIpc) is 3.30. The van der Waals surface area contributed by atoms with Crippen molar-refractivity contribution in [3.8, 4) is 11.4 Å². The number of benzene rings is 3. The Bertz CT molecular complexity index is 1180. The van der Waals surface area contributed by atoms with Gasteiger partial charge in [0, 0.05) is 30.1 Å². The molecule has 0 saturated heterocycles. The van der Waals surface area contributed by atoms with E-state index in [1.807, 2.05) is 89.5 Å². The monoisotopic (exact) mass is 473 g/mol. The summed E-state index contributed by atoms with van der Waals surface area (Å²) >= 11 is 1.52. The first-order chi connectivity index (χ1) is 16.7. The highest BCUT2D eigenvalue weighted by Crippen LogP contribution is 2.23. The summed E-state index contributed by atoms with van der Waals surface area (Å²) in [5.41, 5.74) is 3.03. The quantitative estimate of drug-likeness (QED) is 0.308. The molecule has 1 heterocycles. The van der Waals surface area contributed by atoms with Crippen molar-refractivity contribution < 1.29 is 9.53 Å². The number of carbonyl (C=O) groups excluding carboxylic acids is 1. The lowest BCUT2D eigenvalue weighted by Crippen LogP contribution is -2.23. The fraction of sp³-hybridized carbons (Fsp3) is 0.192. The van der Waals surface area contributed by atoms with Crippen LogP contribution in [0.15, 0.2) is 90.1 Å². The number of ether oxygens (including phenoxy) is 1. The van der Waals surface area contributed by atoms with Gasteiger partial charge in [-0.25, -0.2) is 0 Å². The van der Waals surface area contributed by atoms with Gasteiger partial charge in [0.2, 0.25) is 5.91 Å². The molecule has 4 aromatic rings. The third-order valence-corrected chi connectivity index (χ3v) is 6.08. The van der Waals surface area contributed by atoms with Gasteiger partial charge >= 0.3 is 0 Å². The van der Waals surface area contributed by atoms with Crippen molar-refractivity contribution in [1.82, 2.24) is 20.1 Å². The lowest BCUT2D eigenvalue weighted by molar-refractivity contribution is -0.120. The summed E-state index contributed by atoms with van der Waals surface area (Å²) in [7, 11) is 1.65. The van der Waals surface area contributed by atoms with Crippen LogP contribution in [0.4, 0.5) is 5.69 Å². The van der Waals surface area contributed by atoms with Crippen LogP contribution in [0.2, 0.25) is 0 Å². The van der Waals surface area contributed by atoms with Gasteiger partial charge < -0.3 is 15.4 Å². The summed E-state index contributed by atoms with van der Waals surface area (Å²) in [5.74, 6) is 2.23. The van der Waals surface area contributed by atoms with E-state index in [1.54, 1.807) is 7.11 Å². The second-order valence-corrected chi connectivity index (χ2v) is 8.57. The third kappa shape index (κ3) is 6.39. The number of nitrogens with one attached hydrogen (secondary N) is 2. The molecule has 0 radical (unpaired) electrons. The third-order valence-electron chi connectivity index (χ3n) is 5.15. The molecule has 4 rings (SSSR count). The molecule has 1 amide bonds. The molecule has 0 aliphatic carbocycles. The number of hydrogen-bond acceptors (Lipinski definition) is 6. The van der Waals surface area contributed by atoms with Crippen molar-refractivity contribution in [2.45, 2.75) is 24.7 Å². The summed E-state index contributed by atoms with van der Waals surface area (Å²) in [4.78, 5) is 12.3. The Balaban J connectivity index is 1.38. The first-order valence-corrected chi connectivity index (χ1v) is 12.0. The number of amides is 1. The van der Waals surface area contributed by atoms with Crippen LogP contribution in [-0.4, -0.2) is 33.5 Å². The van der Waals surface area contributed by atoms with Crippen LogP contribution in [-0.2, 0) is 17.9 Å². The Morgan fingerprint density at radius 1 is 0.912 bits per heavy atom. The minimum absolute atomic E-state index is 0.0172. The van der Waals surface area contributed by atoms with E-state index in [1.165, 1.54) is 11.8 Å². The molecule has 1 aromatic heterocycles. The second-order valence-electron chi connectivity index (χ2n) is 7.51. The zero-order valence-electron chi connectivity index (χ0n) is 19.0. The van der Waals surface area contributed by atoms with Crippen molar-refractivity contribution in [2.75, 3.05) is 18.2 Å². The Morgan fingerprint density at radius 2 is 1.62 bits per heavy atom. The Kier molecular flexibility index (Phi) is 8.18. The van der Waals surface area contributed by atoms with Gasteiger partial charge in [-0.1, -0.05) is 60.3 Å². The van der Waals surface area contributed by atoms with Gasteiger partial charge in [0.05, 0.1) is 13.7 Å². The molecule has 0 saturated carbocycles. The highest BCUT2D eigenvalue weighted by Gasteiger charge is 2.15. The standard InChI is InChI=1S/C26H27N5O2S/c1-33-23-14-12-21(13-15-23)27-19-24-29-30-26(31(24)22-10-6-3-7-11-22)34-17-16-25(32)28-18-20-8-4-2-5-9-20/h2-15,27H,16-19H2,1H3,(H,28,32). The average molecular weight is 474 g/mol. The van der Waals surface area contributed by atoms with E-state index in [0.717, 1.165) is 33.7 Å². The summed E-state index contributed by atoms with van der Waals surface area (Å²) in [6, 6.07) is 27.6. The zero-order chi connectivity index (χ0) is 23.6. The van der Waals surface area contributed by atoms with Crippen molar-refractivity contribution in [2.24, 2.45) is 0 Å². The van der Waals surface area contributed by atoms with E-state index in [9.17, 15) is 4.79 Å². The topological polar surface area (TPSA) is 81.1 Å². The van der Waals surface area contributed by atoms with E-state index < -0.39 is 0 Å². The van der Waals surface area contributed by atoms with Gasteiger partial charge in [-0.3, -0.25) is 9.36 Å². The summed E-state index contributed by atoms with van der Waals surface area (Å²) < 4.78 is 7.25.